The molecule has 9 nitrogen and oxygen atoms in total. The number of hydrogen-bond acceptors (Lipinski definition) is 5. The maximum Gasteiger partial charge on any atom is 0.332 e. The highest BCUT2D eigenvalue weighted by Crippen LogP contribution is 2.31. The van der Waals surface area contributed by atoms with Crippen molar-refractivity contribution in [1.82, 2.24) is 18.7 Å². The number of nitrogens with one attached hydrogen (secondary N) is 1. The first-order chi connectivity index (χ1) is 13.1. The molecule has 1 amide bonds. The van der Waals surface area contributed by atoms with E-state index in [9.17, 15) is 14.4 Å². The molecule has 0 saturated carbocycles. The topological polar surface area (TPSA) is 100 Å². The minimum Gasteiger partial charge on any atom is -0.495 e. The van der Waals surface area contributed by atoms with Gasteiger partial charge >= 0.3 is 5.69 Å². The summed E-state index contributed by atoms with van der Waals surface area (Å²) in [5, 5.41) is 3.13. The van der Waals surface area contributed by atoms with E-state index in [0.717, 1.165) is 10.1 Å². The lowest BCUT2D eigenvalue weighted by Crippen LogP contribution is -2.37. The zero-order valence-electron chi connectivity index (χ0n) is 15.5. The summed E-state index contributed by atoms with van der Waals surface area (Å²) in [6.07, 6.45) is 0. The third-order valence-corrected chi connectivity index (χ3v) is 5.05. The van der Waals surface area contributed by atoms with Crippen LogP contribution < -0.4 is 21.3 Å². The van der Waals surface area contributed by atoms with E-state index in [1.54, 1.807) is 19.1 Å². The molecule has 0 spiro atoms. The Labute approximate surface area is 169 Å². The number of hydrogen-bond donors (Lipinski definition) is 1. The number of ether oxygens (including phenoxy) is 1. The van der Waals surface area contributed by atoms with Gasteiger partial charge in [0.15, 0.2) is 11.2 Å². The number of carbonyl (C=O) groups excluding carboxylic acids is 1. The molecule has 3 aromatic rings. The van der Waals surface area contributed by atoms with Gasteiger partial charge in [-0.1, -0.05) is 11.6 Å². The first-order valence-corrected chi connectivity index (χ1v) is 8.87. The Morgan fingerprint density at radius 3 is 2.54 bits per heavy atom. The second-order valence-electron chi connectivity index (χ2n) is 6.19. The second kappa shape index (κ2) is 7.33. The minimum absolute atomic E-state index is 0.0593. The lowest BCUT2D eigenvalue weighted by atomic mass is 10.2. The van der Waals surface area contributed by atoms with Crippen molar-refractivity contribution < 1.29 is 9.53 Å². The highest BCUT2D eigenvalue weighted by atomic mass is 35.5. The number of rotatable bonds is 4. The van der Waals surface area contributed by atoms with Crippen molar-refractivity contribution >= 4 is 46.0 Å². The molecule has 1 N–H and O–H groups in total. The van der Waals surface area contributed by atoms with Gasteiger partial charge in [0.1, 0.15) is 12.3 Å². The standard InChI is InChI=1S/C17H17Cl2N5O4/c1-8-5-10(11(28-4)6-9(8)18)20-12(25)7-24-13-14(21-16(24)19)22(2)17(27)23(3)15(13)26/h5-6H,7H2,1-4H3,(H,20,25). The lowest BCUT2D eigenvalue weighted by molar-refractivity contribution is -0.116. The van der Waals surface area contributed by atoms with E-state index in [1.165, 1.54) is 30.3 Å². The van der Waals surface area contributed by atoms with E-state index in [1.807, 2.05) is 0 Å². The van der Waals surface area contributed by atoms with Gasteiger partial charge in [-0.05, 0) is 30.2 Å². The summed E-state index contributed by atoms with van der Waals surface area (Å²) in [5.41, 5.74) is 0.215. The zero-order chi connectivity index (χ0) is 20.7. The van der Waals surface area contributed by atoms with Crippen LogP contribution in [0.5, 0.6) is 5.75 Å². The van der Waals surface area contributed by atoms with Crippen molar-refractivity contribution in [1.29, 1.82) is 0 Å². The number of aryl methyl sites for hydroxylation is 2. The fraction of sp³-hybridized carbons (Fsp3) is 0.294. The summed E-state index contributed by atoms with van der Waals surface area (Å²) >= 11 is 12.2. The highest BCUT2D eigenvalue weighted by Gasteiger charge is 2.20. The van der Waals surface area contributed by atoms with E-state index >= 15 is 0 Å². The van der Waals surface area contributed by atoms with Gasteiger partial charge in [-0.3, -0.25) is 23.3 Å². The maximum absolute atomic E-state index is 12.6. The van der Waals surface area contributed by atoms with Crippen molar-refractivity contribution in [3.05, 3.63) is 48.8 Å². The van der Waals surface area contributed by atoms with Crippen molar-refractivity contribution in [2.75, 3.05) is 12.4 Å². The molecule has 1 aromatic carbocycles. The molecule has 2 aromatic heterocycles. The summed E-state index contributed by atoms with van der Waals surface area (Å²) in [6, 6.07) is 3.27. The maximum atomic E-state index is 12.6. The summed E-state index contributed by atoms with van der Waals surface area (Å²) < 4.78 is 8.62. The van der Waals surface area contributed by atoms with E-state index in [-0.39, 0.29) is 23.0 Å². The Morgan fingerprint density at radius 2 is 1.89 bits per heavy atom. The van der Waals surface area contributed by atoms with Crippen LogP contribution in [0.3, 0.4) is 0 Å². The molecule has 3 rings (SSSR count). The van der Waals surface area contributed by atoms with E-state index < -0.39 is 17.2 Å². The van der Waals surface area contributed by atoms with E-state index in [2.05, 4.69) is 10.3 Å². The van der Waals surface area contributed by atoms with Gasteiger partial charge in [0.25, 0.3) is 5.56 Å². The Bertz CT molecular complexity index is 1230. The SMILES string of the molecule is COc1cc(Cl)c(C)cc1NC(=O)Cn1c(Cl)nc2c1c(=O)n(C)c(=O)n2C. The summed E-state index contributed by atoms with van der Waals surface area (Å²) in [7, 11) is 4.27. The normalized spacial score (nSPS) is 11.1. The van der Waals surface area contributed by atoms with Crippen molar-refractivity contribution in [3.63, 3.8) is 0 Å². The Hall–Kier alpha value is -2.78. The quantitative estimate of drug-likeness (QED) is 0.641. The molecule has 148 valence electrons. The smallest absolute Gasteiger partial charge is 0.332 e. The molecule has 0 atom stereocenters. The molecule has 28 heavy (non-hydrogen) atoms. The molecule has 0 fully saturated rings. The van der Waals surface area contributed by atoms with Crippen LogP contribution in [0, 0.1) is 6.92 Å². The molecule has 0 aliphatic rings. The number of methoxy groups -OCH3 is 1. The van der Waals surface area contributed by atoms with Crippen LogP contribution in [0.15, 0.2) is 21.7 Å². The van der Waals surface area contributed by atoms with Crippen molar-refractivity contribution in [2.24, 2.45) is 14.1 Å². The molecule has 0 radical (unpaired) electrons. The average Bonchev–Trinajstić information content (AvgIpc) is 2.97. The molecule has 0 bridgehead atoms. The number of carbonyl (C=O) groups is 1. The minimum atomic E-state index is -0.592. The first kappa shape index (κ1) is 20.0. The molecule has 0 aliphatic heterocycles. The first-order valence-electron chi connectivity index (χ1n) is 8.11. The van der Waals surface area contributed by atoms with Crippen LogP contribution in [0.1, 0.15) is 5.56 Å². The molecule has 0 saturated heterocycles. The zero-order valence-corrected chi connectivity index (χ0v) is 17.1. The number of amides is 1. The fourth-order valence-electron chi connectivity index (χ4n) is 2.83. The average molecular weight is 426 g/mol. The van der Waals surface area contributed by atoms with Gasteiger partial charge in [-0.15, -0.1) is 0 Å². The third kappa shape index (κ3) is 3.27. The largest absolute Gasteiger partial charge is 0.495 e. The molecule has 11 heteroatoms. The second-order valence-corrected chi connectivity index (χ2v) is 6.94. The molecular formula is C17H17Cl2N5O4. The van der Waals surface area contributed by atoms with Crippen LogP contribution in [-0.4, -0.2) is 31.7 Å². The van der Waals surface area contributed by atoms with E-state index in [4.69, 9.17) is 27.9 Å². The van der Waals surface area contributed by atoms with Gasteiger partial charge in [0, 0.05) is 25.2 Å². The van der Waals surface area contributed by atoms with Gasteiger partial charge in [0.05, 0.1) is 12.8 Å². The lowest BCUT2D eigenvalue weighted by Gasteiger charge is -2.13. The number of benzene rings is 1. The van der Waals surface area contributed by atoms with Crippen LogP contribution in [0.4, 0.5) is 5.69 Å². The van der Waals surface area contributed by atoms with Crippen LogP contribution >= 0.6 is 23.2 Å². The van der Waals surface area contributed by atoms with Gasteiger partial charge in [-0.25, -0.2) is 4.79 Å². The van der Waals surface area contributed by atoms with Crippen LogP contribution in [-0.2, 0) is 25.4 Å². The molecule has 2 heterocycles. The number of anilines is 1. The Morgan fingerprint density at radius 1 is 1.21 bits per heavy atom. The summed E-state index contributed by atoms with van der Waals surface area (Å²) in [5.74, 6) is -0.0685. The number of fused-ring (bicyclic) bond motifs is 1. The third-order valence-electron chi connectivity index (χ3n) is 4.36. The predicted octanol–water partition coefficient (Wildman–Crippen LogP) is 1.70. The molecule has 0 aliphatic carbocycles. The summed E-state index contributed by atoms with van der Waals surface area (Å²) in [6.45, 7) is 1.51. The van der Waals surface area contributed by atoms with Gasteiger partial charge in [0.2, 0.25) is 11.2 Å². The molecule has 0 unspecified atom stereocenters. The number of halogens is 2. The van der Waals surface area contributed by atoms with Crippen LogP contribution in [0.25, 0.3) is 11.2 Å². The van der Waals surface area contributed by atoms with Gasteiger partial charge in [-0.2, -0.15) is 4.98 Å². The van der Waals surface area contributed by atoms with Crippen molar-refractivity contribution in [2.45, 2.75) is 13.5 Å². The molecular weight excluding hydrogens is 409 g/mol. The Balaban J connectivity index is 2.01. The monoisotopic (exact) mass is 425 g/mol. The van der Waals surface area contributed by atoms with Crippen molar-refractivity contribution in [3.8, 4) is 5.75 Å². The van der Waals surface area contributed by atoms with E-state index in [0.29, 0.717) is 16.5 Å². The Kier molecular flexibility index (Phi) is 5.22. The number of nitrogens with zero attached hydrogens (tertiary/aromatic N) is 4. The number of imidazole rings is 1. The van der Waals surface area contributed by atoms with Gasteiger partial charge < -0.3 is 10.1 Å². The number of aromatic nitrogens is 4. The predicted molar refractivity (Wildman–Crippen MR) is 107 cm³/mol. The van der Waals surface area contributed by atoms with Crippen LogP contribution in [0.2, 0.25) is 10.3 Å². The highest BCUT2D eigenvalue weighted by molar-refractivity contribution is 6.31. The fourth-order valence-corrected chi connectivity index (χ4v) is 3.21. The summed E-state index contributed by atoms with van der Waals surface area (Å²) in [4.78, 5) is 41.2.